The van der Waals surface area contributed by atoms with Crippen molar-refractivity contribution >= 4 is 27.3 Å². The lowest BCUT2D eigenvalue weighted by Crippen LogP contribution is -2.37. The molecule has 0 saturated carbocycles. The number of hydrogen-bond acceptors (Lipinski definition) is 5. The molecule has 0 unspecified atom stereocenters. The topological polar surface area (TPSA) is 79.0 Å². The summed E-state index contributed by atoms with van der Waals surface area (Å²) in [6, 6.07) is 16.7. The van der Waals surface area contributed by atoms with Crippen molar-refractivity contribution in [3.8, 4) is 5.75 Å². The van der Waals surface area contributed by atoms with E-state index in [1.807, 2.05) is 32.8 Å². The maximum absolute atomic E-state index is 13.7. The molecule has 0 aliphatic rings. The van der Waals surface area contributed by atoms with Crippen LogP contribution < -0.4 is 14.4 Å². The van der Waals surface area contributed by atoms with E-state index in [9.17, 15) is 17.6 Å². The van der Waals surface area contributed by atoms with E-state index in [-0.39, 0.29) is 29.0 Å². The molecule has 9 heteroatoms. The van der Waals surface area contributed by atoms with Gasteiger partial charge in [0.2, 0.25) is 0 Å². The Morgan fingerprint density at radius 3 is 2.29 bits per heavy atom. The van der Waals surface area contributed by atoms with Crippen LogP contribution in [0.4, 0.5) is 15.8 Å². The van der Waals surface area contributed by atoms with E-state index in [1.165, 1.54) is 37.4 Å². The van der Waals surface area contributed by atoms with E-state index in [1.54, 1.807) is 41.3 Å². The van der Waals surface area contributed by atoms with Crippen molar-refractivity contribution in [2.24, 2.45) is 0 Å². The Balaban J connectivity index is 1.93. The highest BCUT2D eigenvalue weighted by Crippen LogP contribution is 2.28. The predicted molar refractivity (Wildman–Crippen MR) is 136 cm³/mol. The first-order valence-electron chi connectivity index (χ1n) is 11.1. The summed E-state index contributed by atoms with van der Waals surface area (Å²) in [5, 5.41) is 0. The van der Waals surface area contributed by atoms with E-state index in [4.69, 9.17) is 4.74 Å². The zero-order chi connectivity index (χ0) is 25.8. The SMILES string of the molecule is COc1ccc(S(=O)(=O)Nc2ccc(N(C)C)c(CN(C(=O)c3cccc(F)c3)C(C)C)c2)cc1. The molecule has 0 atom stereocenters. The van der Waals surface area contributed by atoms with Crippen LogP contribution in [-0.4, -0.2) is 46.5 Å². The molecule has 0 heterocycles. The number of amides is 1. The van der Waals surface area contributed by atoms with Crippen molar-refractivity contribution in [2.75, 3.05) is 30.8 Å². The molecule has 0 bridgehead atoms. The smallest absolute Gasteiger partial charge is 0.261 e. The lowest BCUT2D eigenvalue weighted by Gasteiger charge is -2.29. The number of nitrogens with one attached hydrogen (secondary N) is 1. The van der Waals surface area contributed by atoms with Crippen LogP contribution in [0.3, 0.4) is 0 Å². The number of carbonyl (C=O) groups is 1. The highest BCUT2D eigenvalue weighted by molar-refractivity contribution is 7.92. The van der Waals surface area contributed by atoms with Gasteiger partial charge in [0.25, 0.3) is 15.9 Å². The largest absolute Gasteiger partial charge is 0.497 e. The van der Waals surface area contributed by atoms with Crippen LogP contribution in [0.15, 0.2) is 71.6 Å². The third-order valence-electron chi connectivity index (χ3n) is 5.48. The van der Waals surface area contributed by atoms with Gasteiger partial charge in [0, 0.05) is 43.6 Å². The second-order valence-corrected chi connectivity index (χ2v) is 10.2. The summed E-state index contributed by atoms with van der Waals surface area (Å²) in [4.78, 5) is 16.8. The van der Waals surface area contributed by atoms with Crippen LogP contribution in [-0.2, 0) is 16.6 Å². The zero-order valence-corrected chi connectivity index (χ0v) is 21.3. The monoisotopic (exact) mass is 499 g/mol. The van der Waals surface area contributed by atoms with E-state index < -0.39 is 15.8 Å². The third-order valence-corrected chi connectivity index (χ3v) is 6.88. The lowest BCUT2D eigenvalue weighted by molar-refractivity contribution is 0.0690. The van der Waals surface area contributed by atoms with Crippen molar-refractivity contribution in [3.05, 3.63) is 83.7 Å². The Morgan fingerprint density at radius 1 is 1.03 bits per heavy atom. The number of hydrogen-bond donors (Lipinski definition) is 1. The van der Waals surface area contributed by atoms with Crippen molar-refractivity contribution in [1.82, 2.24) is 4.90 Å². The average molecular weight is 500 g/mol. The van der Waals surface area contributed by atoms with Gasteiger partial charge in [-0.25, -0.2) is 12.8 Å². The normalized spacial score (nSPS) is 11.3. The summed E-state index contributed by atoms with van der Waals surface area (Å²) in [6.45, 7) is 3.96. The Kier molecular flexibility index (Phi) is 8.01. The molecule has 3 rings (SSSR count). The van der Waals surface area contributed by atoms with E-state index >= 15 is 0 Å². The highest BCUT2D eigenvalue weighted by atomic mass is 32.2. The minimum atomic E-state index is -3.84. The second-order valence-electron chi connectivity index (χ2n) is 8.56. The minimum Gasteiger partial charge on any atom is -0.497 e. The molecule has 1 N–H and O–H groups in total. The van der Waals surface area contributed by atoms with E-state index in [0.717, 1.165) is 11.3 Å². The molecule has 0 aliphatic heterocycles. The summed E-state index contributed by atoms with van der Waals surface area (Å²) in [5.74, 6) is -0.241. The van der Waals surface area contributed by atoms with Gasteiger partial charge in [-0.3, -0.25) is 9.52 Å². The standard InChI is InChI=1S/C26H30FN3O4S/c1-18(2)30(26(31)19-7-6-8-21(27)15-19)17-20-16-22(9-14-25(20)29(3)4)28-35(32,33)24-12-10-23(34-5)11-13-24/h6-16,18,28H,17H2,1-5H3. The van der Waals surface area contributed by atoms with Crippen molar-refractivity contribution in [3.63, 3.8) is 0 Å². The lowest BCUT2D eigenvalue weighted by atomic mass is 10.1. The Morgan fingerprint density at radius 2 is 1.71 bits per heavy atom. The van der Waals surface area contributed by atoms with E-state index in [2.05, 4.69) is 4.72 Å². The van der Waals surface area contributed by atoms with Crippen LogP contribution in [0.1, 0.15) is 29.8 Å². The molecular formula is C26H30FN3O4S. The molecule has 1 amide bonds. The maximum atomic E-state index is 13.7. The Labute approximate surface area is 206 Å². The number of rotatable bonds is 9. The first-order valence-corrected chi connectivity index (χ1v) is 12.5. The van der Waals surface area contributed by atoms with Gasteiger partial charge >= 0.3 is 0 Å². The number of nitrogens with zero attached hydrogens (tertiary/aromatic N) is 2. The van der Waals surface area contributed by atoms with E-state index in [0.29, 0.717) is 11.4 Å². The number of sulfonamides is 1. The van der Waals surface area contributed by atoms with Crippen LogP contribution in [0.5, 0.6) is 5.75 Å². The molecule has 0 spiro atoms. The van der Waals surface area contributed by atoms with Crippen molar-refractivity contribution in [1.29, 1.82) is 0 Å². The number of methoxy groups -OCH3 is 1. The molecule has 0 aromatic heterocycles. The van der Waals surface area contributed by atoms with Gasteiger partial charge in [-0.1, -0.05) is 6.07 Å². The Bertz CT molecular complexity index is 1290. The zero-order valence-electron chi connectivity index (χ0n) is 20.4. The molecule has 35 heavy (non-hydrogen) atoms. The number of anilines is 2. The summed E-state index contributed by atoms with van der Waals surface area (Å²) in [6.07, 6.45) is 0. The second kappa shape index (κ2) is 10.8. The molecule has 186 valence electrons. The van der Waals surface area contributed by atoms with Gasteiger partial charge in [-0.05, 0) is 80.1 Å². The summed E-state index contributed by atoms with van der Waals surface area (Å²) in [7, 11) is 1.41. The molecule has 0 aliphatic carbocycles. The number of carbonyl (C=O) groups excluding carboxylic acids is 1. The predicted octanol–water partition coefficient (Wildman–Crippen LogP) is 4.75. The van der Waals surface area contributed by atoms with Gasteiger partial charge in [-0.15, -0.1) is 0 Å². The fraction of sp³-hybridized carbons (Fsp3) is 0.269. The maximum Gasteiger partial charge on any atom is 0.261 e. The van der Waals surface area contributed by atoms with Crippen LogP contribution >= 0.6 is 0 Å². The molecular weight excluding hydrogens is 469 g/mol. The van der Waals surface area contributed by atoms with Gasteiger partial charge in [0.05, 0.1) is 12.0 Å². The van der Waals surface area contributed by atoms with Crippen molar-refractivity contribution in [2.45, 2.75) is 31.3 Å². The van der Waals surface area contributed by atoms with Crippen LogP contribution in [0.2, 0.25) is 0 Å². The van der Waals surface area contributed by atoms with Gasteiger partial charge in [0.1, 0.15) is 11.6 Å². The molecule has 3 aromatic rings. The Hall–Kier alpha value is -3.59. The molecule has 0 saturated heterocycles. The minimum absolute atomic E-state index is 0.0987. The van der Waals surface area contributed by atoms with Gasteiger partial charge in [0.15, 0.2) is 0 Å². The molecule has 3 aromatic carbocycles. The summed E-state index contributed by atoms with van der Waals surface area (Å²) in [5.41, 5.74) is 2.18. The fourth-order valence-corrected chi connectivity index (χ4v) is 4.69. The summed E-state index contributed by atoms with van der Waals surface area (Å²) >= 11 is 0. The number of benzene rings is 3. The molecule has 0 fully saturated rings. The highest BCUT2D eigenvalue weighted by Gasteiger charge is 2.22. The molecule has 0 radical (unpaired) electrons. The molecule has 7 nitrogen and oxygen atoms in total. The van der Waals surface area contributed by atoms with Crippen LogP contribution in [0.25, 0.3) is 0 Å². The van der Waals surface area contributed by atoms with Gasteiger partial charge in [-0.2, -0.15) is 0 Å². The average Bonchev–Trinajstić information content (AvgIpc) is 2.81. The first kappa shape index (κ1) is 26.0. The van der Waals surface area contributed by atoms with Crippen molar-refractivity contribution < 1.29 is 22.3 Å². The first-order chi connectivity index (χ1) is 16.5. The summed E-state index contributed by atoms with van der Waals surface area (Å²) < 4.78 is 47.3. The van der Waals surface area contributed by atoms with Crippen LogP contribution in [0, 0.1) is 5.82 Å². The quantitative estimate of drug-likeness (QED) is 0.460. The fourth-order valence-electron chi connectivity index (χ4n) is 3.64. The van der Waals surface area contributed by atoms with Gasteiger partial charge < -0.3 is 14.5 Å². The number of halogens is 1. The third kappa shape index (κ3) is 6.30. The number of ether oxygens (including phenoxy) is 1.